The van der Waals surface area contributed by atoms with Gasteiger partial charge in [-0.25, -0.2) is 0 Å². The molecule has 14 heavy (non-hydrogen) atoms. The van der Waals surface area contributed by atoms with Crippen LogP contribution in [0.5, 0.6) is 0 Å². The second-order valence-corrected chi connectivity index (χ2v) is 5.05. The molecule has 0 bridgehead atoms. The van der Waals surface area contributed by atoms with Crippen molar-refractivity contribution in [2.45, 2.75) is 45.1 Å². The van der Waals surface area contributed by atoms with Crippen molar-refractivity contribution in [3.8, 4) is 0 Å². The number of rotatable bonds is 0. The molecule has 0 amide bonds. The zero-order valence-electron chi connectivity index (χ0n) is 9.32. The monoisotopic (exact) mass is 195 g/mol. The van der Waals surface area contributed by atoms with Gasteiger partial charge in [0.2, 0.25) is 0 Å². The van der Waals surface area contributed by atoms with Crippen molar-refractivity contribution in [3.05, 3.63) is 0 Å². The summed E-state index contributed by atoms with van der Waals surface area (Å²) in [5, 5.41) is 0. The first kappa shape index (κ1) is 9.13. The van der Waals surface area contributed by atoms with E-state index in [0.29, 0.717) is 6.29 Å². The van der Waals surface area contributed by atoms with Crippen LogP contribution in [0.4, 0.5) is 0 Å². The van der Waals surface area contributed by atoms with E-state index in [0.717, 1.165) is 12.1 Å². The molecule has 3 aliphatic heterocycles. The van der Waals surface area contributed by atoms with Gasteiger partial charge in [-0.15, -0.1) is 0 Å². The smallest absolute Gasteiger partial charge is 0.120 e. The lowest BCUT2D eigenvalue weighted by atomic mass is 10.1. The van der Waals surface area contributed by atoms with E-state index >= 15 is 0 Å². The third-order valence-corrected chi connectivity index (χ3v) is 4.39. The van der Waals surface area contributed by atoms with Gasteiger partial charge in [-0.3, -0.25) is 14.7 Å². The van der Waals surface area contributed by atoms with E-state index in [1.807, 2.05) is 0 Å². The molecule has 3 rings (SSSR count). The predicted octanol–water partition coefficient (Wildman–Crippen LogP) is 0.774. The Morgan fingerprint density at radius 3 is 1.79 bits per heavy atom. The fourth-order valence-electron chi connectivity index (χ4n) is 3.48. The quantitative estimate of drug-likeness (QED) is 0.565. The third-order valence-electron chi connectivity index (χ3n) is 4.39. The minimum atomic E-state index is 0.655. The van der Waals surface area contributed by atoms with E-state index in [2.05, 4.69) is 28.5 Å². The molecule has 0 N–H and O–H groups in total. The summed E-state index contributed by atoms with van der Waals surface area (Å²) in [7, 11) is 0. The lowest BCUT2D eigenvalue weighted by Gasteiger charge is -2.47. The molecule has 3 saturated heterocycles. The van der Waals surface area contributed by atoms with Crippen LogP contribution in [0.1, 0.15) is 26.7 Å². The topological polar surface area (TPSA) is 9.72 Å². The van der Waals surface area contributed by atoms with Gasteiger partial charge in [0, 0.05) is 38.3 Å². The zero-order valence-corrected chi connectivity index (χ0v) is 9.32. The van der Waals surface area contributed by atoms with Crippen LogP contribution in [-0.4, -0.2) is 59.3 Å². The maximum atomic E-state index is 2.70. The van der Waals surface area contributed by atoms with Gasteiger partial charge in [0.15, 0.2) is 0 Å². The van der Waals surface area contributed by atoms with Gasteiger partial charge in [0.05, 0.1) is 0 Å². The van der Waals surface area contributed by atoms with Crippen molar-refractivity contribution >= 4 is 0 Å². The SMILES string of the molecule is CC1C(C)N2CCCN3CCCN1C32. The first-order chi connectivity index (χ1) is 6.79. The molecule has 2 unspecified atom stereocenters. The van der Waals surface area contributed by atoms with E-state index in [1.165, 1.54) is 39.0 Å². The summed E-state index contributed by atoms with van der Waals surface area (Å²) in [4.78, 5) is 8.08. The summed E-state index contributed by atoms with van der Waals surface area (Å²) < 4.78 is 0. The van der Waals surface area contributed by atoms with Gasteiger partial charge in [-0.05, 0) is 26.7 Å². The summed E-state index contributed by atoms with van der Waals surface area (Å²) in [6.45, 7) is 10.0. The van der Waals surface area contributed by atoms with Crippen LogP contribution in [-0.2, 0) is 0 Å². The Morgan fingerprint density at radius 1 is 0.786 bits per heavy atom. The van der Waals surface area contributed by atoms with Crippen molar-refractivity contribution in [2.75, 3.05) is 26.2 Å². The van der Waals surface area contributed by atoms with Gasteiger partial charge in [-0.1, -0.05) is 0 Å². The fraction of sp³-hybridized carbons (Fsp3) is 1.00. The molecular weight excluding hydrogens is 174 g/mol. The lowest BCUT2D eigenvalue weighted by molar-refractivity contribution is -0.0773. The minimum Gasteiger partial charge on any atom is -0.275 e. The molecule has 0 radical (unpaired) electrons. The molecule has 0 aliphatic carbocycles. The molecule has 2 atom stereocenters. The maximum Gasteiger partial charge on any atom is 0.120 e. The first-order valence-corrected chi connectivity index (χ1v) is 6.04. The predicted molar refractivity (Wildman–Crippen MR) is 56.9 cm³/mol. The lowest BCUT2D eigenvalue weighted by Crippen LogP contribution is -2.60. The van der Waals surface area contributed by atoms with Crippen LogP contribution in [0.25, 0.3) is 0 Å². The normalized spacial score (nSPS) is 45.4. The largest absolute Gasteiger partial charge is 0.275 e. The zero-order chi connectivity index (χ0) is 9.71. The van der Waals surface area contributed by atoms with Crippen LogP contribution < -0.4 is 0 Å². The van der Waals surface area contributed by atoms with E-state index in [4.69, 9.17) is 0 Å². The van der Waals surface area contributed by atoms with Gasteiger partial charge in [0.1, 0.15) is 6.29 Å². The molecule has 80 valence electrons. The van der Waals surface area contributed by atoms with Gasteiger partial charge >= 0.3 is 0 Å². The highest BCUT2D eigenvalue weighted by Crippen LogP contribution is 2.34. The Kier molecular flexibility index (Phi) is 2.08. The molecule has 3 nitrogen and oxygen atoms in total. The summed E-state index contributed by atoms with van der Waals surface area (Å²) >= 11 is 0. The maximum absolute atomic E-state index is 2.70. The Bertz CT molecular complexity index is 209. The average Bonchev–Trinajstić information content (AvgIpc) is 2.47. The first-order valence-electron chi connectivity index (χ1n) is 6.04. The molecule has 3 heterocycles. The molecule has 0 aromatic heterocycles. The van der Waals surface area contributed by atoms with Crippen molar-refractivity contribution in [3.63, 3.8) is 0 Å². The number of nitrogens with zero attached hydrogens (tertiary/aromatic N) is 3. The standard InChI is InChI=1S/C11H21N3/c1-9-10(2)14-8-4-6-12-5-3-7-13(9)11(12)14/h9-11H,3-8H2,1-2H3. The highest BCUT2D eigenvalue weighted by molar-refractivity contribution is 4.97. The second-order valence-electron chi connectivity index (χ2n) is 5.05. The van der Waals surface area contributed by atoms with E-state index < -0.39 is 0 Å². The van der Waals surface area contributed by atoms with Crippen LogP contribution in [0.15, 0.2) is 0 Å². The summed E-state index contributed by atoms with van der Waals surface area (Å²) in [6, 6.07) is 1.50. The molecule has 0 saturated carbocycles. The van der Waals surface area contributed by atoms with E-state index in [9.17, 15) is 0 Å². The number of hydrogen-bond donors (Lipinski definition) is 0. The molecule has 0 aromatic carbocycles. The highest BCUT2D eigenvalue weighted by Gasteiger charge is 2.47. The van der Waals surface area contributed by atoms with Crippen LogP contribution >= 0.6 is 0 Å². The van der Waals surface area contributed by atoms with Crippen molar-refractivity contribution in [1.29, 1.82) is 0 Å². The summed E-state index contributed by atoms with van der Waals surface area (Å²) in [6.07, 6.45) is 3.38. The van der Waals surface area contributed by atoms with Crippen molar-refractivity contribution in [2.24, 2.45) is 0 Å². The van der Waals surface area contributed by atoms with Crippen LogP contribution in [0.2, 0.25) is 0 Å². The van der Waals surface area contributed by atoms with E-state index in [1.54, 1.807) is 0 Å². The number of hydrogen-bond acceptors (Lipinski definition) is 3. The fourth-order valence-corrected chi connectivity index (χ4v) is 3.48. The summed E-state index contributed by atoms with van der Waals surface area (Å²) in [5.41, 5.74) is 0. The van der Waals surface area contributed by atoms with Gasteiger partial charge < -0.3 is 0 Å². The Balaban J connectivity index is 1.90. The molecular formula is C11H21N3. The molecule has 3 heteroatoms. The average molecular weight is 195 g/mol. The molecule has 0 spiro atoms. The third kappa shape index (κ3) is 1.09. The molecule has 0 aromatic rings. The Hall–Kier alpha value is -0.120. The molecule has 3 aliphatic rings. The Labute approximate surface area is 86.7 Å². The molecule has 3 fully saturated rings. The van der Waals surface area contributed by atoms with E-state index in [-0.39, 0.29) is 0 Å². The minimum absolute atomic E-state index is 0.655. The van der Waals surface area contributed by atoms with Crippen LogP contribution in [0, 0.1) is 0 Å². The van der Waals surface area contributed by atoms with Gasteiger partial charge in [-0.2, -0.15) is 0 Å². The van der Waals surface area contributed by atoms with Crippen LogP contribution in [0.3, 0.4) is 0 Å². The second kappa shape index (κ2) is 3.19. The van der Waals surface area contributed by atoms with Crippen molar-refractivity contribution in [1.82, 2.24) is 14.7 Å². The van der Waals surface area contributed by atoms with Crippen molar-refractivity contribution < 1.29 is 0 Å². The summed E-state index contributed by atoms with van der Waals surface area (Å²) in [5.74, 6) is 0. The van der Waals surface area contributed by atoms with Gasteiger partial charge in [0.25, 0.3) is 0 Å². The Morgan fingerprint density at radius 2 is 1.29 bits per heavy atom. The highest BCUT2D eigenvalue weighted by atomic mass is 15.6.